The maximum Gasteiger partial charge on any atom is 0.128 e. The van der Waals surface area contributed by atoms with Crippen molar-refractivity contribution in [2.75, 3.05) is 18.0 Å². The van der Waals surface area contributed by atoms with E-state index in [0.717, 1.165) is 30.5 Å². The molecule has 0 radical (unpaired) electrons. The van der Waals surface area contributed by atoms with Crippen LogP contribution in [0.15, 0.2) is 48.5 Å². The molecule has 0 bridgehead atoms. The van der Waals surface area contributed by atoms with E-state index in [2.05, 4.69) is 52.3 Å². The van der Waals surface area contributed by atoms with Crippen LogP contribution in [0.1, 0.15) is 24.1 Å². The molecule has 3 heteroatoms. The Bertz CT molecular complexity index is 560. The molecule has 1 aromatic carbocycles. The molecule has 0 aliphatic carbocycles. The molecule has 1 fully saturated rings. The first-order valence-electron chi connectivity index (χ1n) is 7.80. The summed E-state index contributed by atoms with van der Waals surface area (Å²) >= 11 is 0. The summed E-state index contributed by atoms with van der Waals surface area (Å²) in [5.74, 6) is 1.87. The number of pyridine rings is 1. The van der Waals surface area contributed by atoms with Gasteiger partial charge in [-0.05, 0) is 42.9 Å². The van der Waals surface area contributed by atoms with Gasteiger partial charge in [0.05, 0.1) is 5.69 Å². The van der Waals surface area contributed by atoms with Crippen molar-refractivity contribution in [1.29, 1.82) is 0 Å². The smallest absolute Gasteiger partial charge is 0.128 e. The Balaban J connectivity index is 1.57. The molecular weight excluding hydrogens is 258 g/mol. The minimum Gasteiger partial charge on any atom is -0.357 e. The van der Waals surface area contributed by atoms with Gasteiger partial charge in [-0.3, -0.25) is 0 Å². The molecule has 2 heterocycles. The van der Waals surface area contributed by atoms with Gasteiger partial charge in [0.2, 0.25) is 0 Å². The Morgan fingerprint density at radius 3 is 2.48 bits per heavy atom. The zero-order valence-electron chi connectivity index (χ0n) is 12.4. The Labute approximate surface area is 126 Å². The number of aromatic nitrogens is 1. The van der Waals surface area contributed by atoms with Crippen LogP contribution in [0.4, 0.5) is 5.82 Å². The van der Waals surface area contributed by atoms with Crippen LogP contribution >= 0.6 is 0 Å². The predicted octanol–water partition coefficient (Wildman–Crippen LogP) is 3.00. The molecular formula is C18H23N3. The van der Waals surface area contributed by atoms with Crippen molar-refractivity contribution in [3.8, 4) is 0 Å². The van der Waals surface area contributed by atoms with E-state index in [-0.39, 0.29) is 0 Å². The molecule has 3 rings (SSSR count). The minimum atomic E-state index is 0.512. The van der Waals surface area contributed by atoms with E-state index in [0.29, 0.717) is 6.54 Å². The molecule has 2 aromatic rings. The molecule has 0 saturated carbocycles. The van der Waals surface area contributed by atoms with E-state index in [4.69, 9.17) is 5.73 Å². The van der Waals surface area contributed by atoms with Gasteiger partial charge in [-0.2, -0.15) is 0 Å². The monoisotopic (exact) mass is 281 g/mol. The lowest BCUT2D eigenvalue weighted by Gasteiger charge is -2.33. The van der Waals surface area contributed by atoms with Gasteiger partial charge >= 0.3 is 0 Å². The van der Waals surface area contributed by atoms with Gasteiger partial charge in [-0.15, -0.1) is 0 Å². The Kier molecular flexibility index (Phi) is 4.51. The highest BCUT2D eigenvalue weighted by molar-refractivity contribution is 5.39. The van der Waals surface area contributed by atoms with Gasteiger partial charge in [-0.1, -0.05) is 36.4 Å². The number of benzene rings is 1. The van der Waals surface area contributed by atoms with Crippen LogP contribution in [-0.4, -0.2) is 18.1 Å². The highest BCUT2D eigenvalue weighted by atomic mass is 15.2. The van der Waals surface area contributed by atoms with Gasteiger partial charge in [0.25, 0.3) is 0 Å². The normalized spacial score (nSPS) is 16.1. The number of rotatable bonds is 4. The third kappa shape index (κ3) is 3.61. The number of hydrogen-bond donors (Lipinski definition) is 1. The van der Waals surface area contributed by atoms with Crippen LogP contribution in [0.25, 0.3) is 0 Å². The maximum absolute atomic E-state index is 5.68. The highest BCUT2D eigenvalue weighted by Gasteiger charge is 2.20. The van der Waals surface area contributed by atoms with E-state index in [1.807, 2.05) is 6.07 Å². The van der Waals surface area contributed by atoms with Crippen molar-refractivity contribution in [3.63, 3.8) is 0 Å². The summed E-state index contributed by atoms with van der Waals surface area (Å²) in [6, 6.07) is 17.0. The van der Waals surface area contributed by atoms with Crippen molar-refractivity contribution in [1.82, 2.24) is 4.98 Å². The van der Waals surface area contributed by atoms with E-state index in [9.17, 15) is 0 Å². The quantitative estimate of drug-likeness (QED) is 0.936. The summed E-state index contributed by atoms with van der Waals surface area (Å²) < 4.78 is 0. The van der Waals surface area contributed by atoms with Gasteiger partial charge in [0.15, 0.2) is 0 Å². The van der Waals surface area contributed by atoms with Crippen LogP contribution in [0.5, 0.6) is 0 Å². The molecule has 2 N–H and O–H groups in total. The van der Waals surface area contributed by atoms with Crippen LogP contribution in [0, 0.1) is 5.92 Å². The molecule has 0 atom stereocenters. The average molecular weight is 281 g/mol. The first-order valence-corrected chi connectivity index (χ1v) is 7.80. The lowest BCUT2D eigenvalue weighted by atomic mass is 9.90. The molecule has 0 amide bonds. The lowest BCUT2D eigenvalue weighted by Crippen LogP contribution is -2.35. The third-order valence-electron chi connectivity index (χ3n) is 4.31. The highest BCUT2D eigenvalue weighted by Crippen LogP contribution is 2.24. The van der Waals surface area contributed by atoms with Crippen LogP contribution < -0.4 is 10.6 Å². The zero-order valence-corrected chi connectivity index (χ0v) is 12.4. The molecule has 1 aromatic heterocycles. The summed E-state index contributed by atoms with van der Waals surface area (Å²) in [5.41, 5.74) is 8.10. The van der Waals surface area contributed by atoms with E-state index in [1.165, 1.54) is 24.8 Å². The number of anilines is 1. The topological polar surface area (TPSA) is 42.1 Å². The summed E-state index contributed by atoms with van der Waals surface area (Å²) in [4.78, 5) is 7.01. The number of nitrogens with zero attached hydrogens (tertiary/aromatic N) is 2. The fraction of sp³-hybridized carbons (Fsp3) is 0.389. The fourth-order valence-electron chi connectivity index (χ4n) is 3.07. The van der Waals surface area contributed by atoms with Gasteiger partial charge in [-0.25, -0.2) is 4.98 Å². The van der Waals surface area contributed by atoms with Crippen molar-refractivity contribution in [2.45, 2.75) is 25.8 Å². The zero-order chi connectivity index (χ0) is 14.5. The third-order valence-corrected chi connectivity index (χ3v) is 4.31. The minimum absolute atomic E-state index is 0.512. The Hall–Kier alpha value is -1.87. The van der Waals surface area contributed by atoms with Crippen LogP contribution in [-0.2, 0) is 13.0 Å². The molecule has 0 unspecified atom stereocenters. The van der Waals surface area contributed by atoms with Gasteiger partial charge < -0.3 is 10.6 Å². The molecule has 1 aliphatic rings. The number of hydrogen-bond acceptors (Lipinski definition) is 3. The molecule has 0 spiro atoms. The second kappa shape index (κ2) is 6.72. The SMILES string of the molecule is NCc1cccc(N2CCC(Cc3ccccc3)CC2)n1. The van der Waals surface area contributed by atoms with Crippen molar-refractivity contribution in [2.24, 2.45) is 11.7 Å². The molecule has 3 nitrogen and oxygen atoms in total. The first kappa shape index (κ1) is 14.1. The maximum atomic E-state index is 5.68. The lowest BCUT2D eigenvalue weighted by molar-refractivity contribution is 0.402. The number of nitrogens with two attached hydrogens (primary N) is 1. The van der Waals surface area contributed by atoms with Crippen LogP contribution in [0.2, 0.25) is 0 Å². The second-order valence-corrected chi connectivity index (χ2v) is 5.81. The molecule has 1 aliphatic heterocycles. The fourth-order valence-corrected chi connectivity index (χ4v) is 3.07. The van der Waals surface area contributed by atoms with E-state index >= 15 is 0 Å². The average Bonchev–Trinajstić information content (AvgIpc) is 2.56. The van der Waals surface area contributed by atoms with Gasteiger partial charge in [0.1, 0.15) is 5.82 Å². The Morgan fingerprint density at radius 1 is 1.00 bits per heavy atom. The van der Waals surface area contributed by atoms with Gasteiger partial charge in [0, 0.05) is 19.6 Å². The van der Waals surface area contributed by atoms with E-state index < -0.39 is 0 Å². The summed E-state index contributed by atoms with van der Waals surface area (Å²) in [7, 11) is 0. The molecule has 1 saturated heterocycles. The first-order chi connectivity index (χ1) is 10.3. The molecule has 21 heavy (non-hydrogen) atoms. The second-order valence-electron chi connectivity index (χ2n) is 5.81. The summed E-state index contributed by atoms with van der Waals surface area (Å²) in [6.45, 7) is 2.70. The standard InChI is InChI=1S/C18H23N3/c19-14-17-7-4-8-18(20-17)21-11-9-16(10-12-21)13-15-5-2-1-3-6-15/h1-8,16H,9-14,19H2. The molecule has 110 valence electrons. The number of piperidine rings is 1. The van der Waals surface area contributed by atoms with Crippen molar-refractivity contribution < 1.29 is 0 Å². The summed E-state index contributed by atoms with van der Waals surface area (Å²) in [5, 5.41) is 0. The van der Waals surface area contributed by atoms with Crippen molar-refractivity contribution in [3.05, 3.63) is 59.8 Å². The van der Waals surface area contributed by atoms with E-state index in [1.54, 1.807) is 0 Å². The predicted molar refractivity (Wildman–Crippen MR) is 87.2 cm³/mol. The summed E-state index contributed by atoms with van der Waals surface area (Å²) in [6.07, 6.45) is 3.68. The Morgan fingerprint density at radius 2 is 1.76 bits per heavy atom. The van der Waals surface area contributed by atoms with Crippen LogP contribution in [0.3, 0.4) is 0 Å². The van der Waals surface area contributed by atoms with Crippen molar-refractivity contribution >= 4 is 5.82 Å². The largest absolute Gasteiger partial charge is 0.357 e.